The zero-order chi connectivity index (χ0) is 6.83. The summed E-state index contributed by atoms with van der Waals surface area (Å²) in [5, 5.41) is 29.8. The Labute approximate surface area is 47.2 Å². The molecule has 0 fully saturated rings. The standard InChI is InChI=1S/2C2H3NO/c2*3-1-2-4/h2*4H,2H2. The van der Waals surface area contributed by atoms with Crippen molar-refractivity contribution in [3.8, 4) is 12.1 Å². The lowest BCUT2D eigenvalue weighted by Crippen LogP contribution is -1.64. The highest BCUT2D eigenvalue weighted by molar-refractivity contribution is 4.63. The third kappa shape index (κ3) is 92.0. The molecule has 0 aliphatic rings. The molecular weight excluding hydrogens is 108 g/mol. The third-order valence-electron chi connectivity index (χ3n) is 0.141. The average Bonchev–Trinajstić information content (AvgIpc) is 1.88. The lowest BCUT2D eigenvalue weighted by Gasteiger charge is -1.50. The van der Waals surface area contributed by atoms with Crippen molar-refractivity contribution in [1.82, 2.24) is 0 Å². The predicted molar refractivity (Wildman–Crippen MR) is 25.4 cm³/mol. The Balaban J connectivity index is 0. The molecule has 0 saturated heterocycles. The summed E-state index contributed by atoms with van der Waals surface area (Å²) in [5.74, 6) is 0. The van der Waals surface area contributed by atoms with Gasteiger partial charge in [0.25, 0.3) is 0 Å². The van der Waals surface area contributed by atoms with Gasteiger partial charge in [-0.15, -0.1) is 0 Å². The first-order chi connectivity index (χ1) is 3.83. The number of nitrogens with zero attached hydrogens (tertiary/aromatic N) is 2. The number of aliphatic hydroxyl groups is 2. The van der Waals surface area contributed by atoms with Crippen LogP contribution in [0, 0.1) is 22.7 Å². The topological polar surface area (TPSA) is 88.0 Å². The van der Waals surface area contributed by atoms with Crippen molar-refractivity contribution in [3.05, 3.63) is 0 Å². The molecule has 2 N–H and O–H groups in total. The van der Waals surface area contributed by atoms with Gasteiger partial charge in [-0.05, 0) is 0 Å². The zero-order valence-electron chi connectivity index (χ0n) is 4.20. The molecule has 0 aromatic heterocycles. The molecule has 4 nitrogen and oxygen atoms in total. The van der Waals surface area contributed by atoms with E-state index >= 15 is 0 Å². The smallest absolute Gasteiger partial charge is 0.130 e. The molecule has 0 rings (SSSR count). The van der Waals surface area contributed by atoms with Gasteiger partial charge in [-0.25, -0.2) is 0 Å². The molecule has 0 bridgehead atoms. The van der Waals surface area contributed by atoms with E-state index in [0.717, 1.165) is 0 Å². The van der Waals surface area contributed by atoms with Gasteiger partial charge in [-0.3, -0.25) is 0 Å². The summed E-state index contributed by atoms with van der Waals surface area (Å²) in [7, 11) is 0. The van der Waals surface area contributed by atoms with Gasteiger partial charge >= 0.3 is 0 Å². The van der Waals surface area contributed by atoms with Crippen LogP contribution in [0.1, 0.15) is 0 Å². The van der Waals surface area contributed by atoms with E-state index in [0.29, 0.717) is 0 Å². The maximum atomic E-state index is 7.51. The predicted octanol–water partition coefficient (Wildman–Crippen LogP) is -0.995. The van der Waals surface area contributed by atoms with Gasteiger partial charge in [0, 0.05) is 0 Å². The van der Waals surface area contributed by atoms with Gasteiger partial charge < -0.3 is 10.2 Å². The minimum atomic E-state index is -0.375. The first-order valence-corrected chi connectivity index (χ1v) is 1.79. The van der Waals surface area contributed by atoms with E-state index in [-0.39, 0.29) is 13.2 Å². The quantitative estimate of drug-likeness (QED) is 0.395. The molecule has 0 atom stereocenters. The van der Waals surface area contributed by atoms with E-state index in [4.69, 9.17) is 20.7 Å². The van der Waals surface area contributed by atoms with Crippen LogP contribution in [-0.2, 0) is 0 Å². The molecule has 0 amide bonds. The van der Waals surface area contributed by atoms with Crippen LogP contribution in [0.5, 0.6) is 0 Å². The molecule has 0 spiro atoms. The summed E-state index contributed by atoms with van der Waals surface area (Å²) >= 11 is 0. The lowest BCUT2D eigenvalue weighted by atomic mass is 10.9. The van der Waals surface area contributed by atoms with Crippen LogP contribution in [0.25, 0.3) is 0 Å². The Hall–Kier alpha value is -1.10. The average molecular weight is 114 g/mol. The molecule has 0 aromatic carbocycles. The van der Waals surface area contributed by atoms with Crippen LogP contribution in [0.15, 0.2) is 0 Å². The minimum Gasteiger partial charge on any atom is -0.381 e. The van der Waals surface area contributed by atoms with Gasteiger partial charge in [0.05, 0.1) is 12.1 Å². The molecule has 4 heteroatoms. The van der Waals surface area contributed by atoms with Crippen molar-refractivity contribution in [1.29, 1.82) is 10.5 Å². The second-order valence-electron chi connectivity index (χ2n) is 0.632. The van der Waals surface area contributed by atoms with Crippen LogP contribution in [-0.4, -0.2) is 23.4 Å². The summed E-state index contributed by atoms with van der Waals surface area (Å²) in [5.41, 5.74) is 0. The minimum absolute atomic E-state index is 0.375. The molecule has 0 aliphatic carbocycles. The highest BCUT2D eigenvalue weighted by Crippen LogP contribution is 1.34. The molecule has 8 heavy (non-hydrogen) atoms. The van der Waals surface area contributed by atoms with E-state index < -0.39 is 0 Å². The number of rotatable bonds is 0. The number of hydrogen-bond acceptors (Lipinski definition) is 4. The molecule has 0 aromatic rings. The normalized spacial score (nSPS) is 5.00. The van der Waals surface area contributed by atoms with Crippen molar-refractivity contribution in [2.24, 2.45) is 0 Å². The van der Waals surface area contributed by atoms with E-state index in [1.165, 1.54) is 12.1 Å². The van der Waals surface area contributed by atoms with E-state index in [9.17, 15) is 0 Å². The fourth-order valence-electron chi connectivity index (χ4n) is 0. The van der Waals surface area contributed by atoms with Gasteiger partial charge in [0.15, 0.2) is 0 Å². The number of aliphatic hydroxyl groups excluding tert-OH is 2. The first-order valence-electron chi connectivity index (χ1n) is 1.79. The Morgan fingerprint density at radius 1 is 1.00 bits per heavy atom. The van der Waals surface area contributed by atoms with E-state index in [2.05, 4.69) is 0 Å². The van der Waals surface area contributed by atoms with Crippen molar-refractivity contribution < 1.29 is 10.2 Å². The zero-order valence-corrected chi connectivity index (χ0v) is 4.20. The van der Waals surface area contributed by atoms with Crippen molar-refractivity contribution in [2.45, 2.75) is 0 Å². The van der Waals surface area contributed by atoms with Gasteiger partial charge in [0.2, 0.25) is 0 Å². The highest BCUT2D eigenvalue weighted by Gasteiger charge is 1.50. The van der Waals surface area contributed by atoms with Crippen molar-refractivity contribution in [2.75, 3.05) is 13.2 Å². The Morgan fingerprint density at radius 2 is 1.12 bits per heavy atom. The molecular formula is C4H6N2O2. The Morgan fingerprint density at radius 3 is 1.12 bits per heavy atom. The molecule has 0 unspecified atom stereocenters. The molecule has 0 saturated carbocycles. The van der Waals surface area contributed by atoms with Gasteiger partial charge in [-0.2, -0.15) is 10.5 Å². The summed E-state index contributed by atoms with van der Waals surface area (Å²) in [6.45, 7) is -0.750. The van der Waals surface area contributed by atoms with Crippen molar-refractivity contribution >= 4 is 0 Å². The summed E-state index contributed by atoms with van der Waals surface area (Å²) < 4.78 is 0. The first kappa shape index (κ1) is 10.0. The monoisotopic (exact) mass is 114 g/mol. The van der Waals surface area contributed by atoms with Crippen LogP contribution in [0.2, 0.25) is 0 Å². The van der Waals surface area contributed by atoms with E-state index in [1.807, 2.05) is 0 Å². The Kier molecular flexibility index (Phi) is 21.1. The molecule has 44 valence electrons. The second-order valence-corrected chi connectivity index (χ2v) is 0.632. The van der Waals surface area contributed by atoms with Crippen LogP contribution < -0.4 is 0 Å². The fraction of sp³-hybridized carbons (Fsp3) is 0.500. The fourth-order valence-corrected chi connectivity index (χ4v) is 0. The van der Waals surface area contributed by atoms with Crippen LogP contribution >= 0.6 is 0 Å². The number of hydrogen-bond donors (Lipinski definition) is 2. The summed E-state index contributed by atoms with van der Waals surface area (Å²) in [4.78, 5) is 0. The molecule has 0 aliphatic heterocycles. The SMILES string of the molecule is N#CCO.N#CCO. The van der Waals surface area contributed by atoms with Gasteiger partial charge in [-0.1, -0.05) is 0 Å². The van der Waals surface area contributed by atoms with Crippen LogP contribution in [0.4, 0.5) is 0 Å². The maximum absolute atomic E-state index is 7.51. The molecule has 0 heterocycles. The second kappa shape index (κ2) is 16.8. The summed E-state index contributed by atoms with van der Waals surface area (Å²) in [6.07, 6.45) is 0. The Bertz CT molecular complexity index is 85.6. The largest absolute Gasteiger partial charge is 0.381 e. The van der Waals surface area contributed by atoms with E-state index in [1.54, 1.807) is 0 Å². The third-order valence-corrected chi connectivity index (χ3v) is 0.141. The maximum Gasteiger partial charge on any atom is 0.130 e. The van der Waals surface area contributed by atoms with Crippen LogP contribution in [0.3, 0.4) is 0 Å². The molecule has 0 radical (unpaired) electrons. The summed E-state index contributed by atoms with van der Waals surface area (Å²) in [6, 6.07) is 2.97. The number of nitriles is 2. The lowest BCUT2D eigenvalue weighted by molar-refractivity contribution is 0.348. The highest BCUT2D eigenvalue weighted by atomic mass is 16.3. The van der Waals surface area contributed by atoms with Crippen molar-refractivity contribution in [3.63, 3.8) is 0 Å². The van der Waals surface area contributed by atoms with Gasteiger partial charge in [0.1, 0.15) is 13.2 Å².